The molecule has 1 unspecified atom stereocenters. The summed E-state index contributed by atoms with van der Waals surface area (Å²) in [4.78, 5) is 31.4. The van der Waals surface area contributed by atoms with E-state index in [-0.39, 0.29) is 24.2 Å². The first-order valence-electron chi connectivity index (χ1n) is 13.0. The quantitative estimate of drug-likeness (QED) is 0.369. The third kappa shape index (κ3) is 5.33. The number of aromatic nitrogens is 1. The van der Waals surface area contributed by atoms with Crippen molar-refractivity contribution in [1.82, 2.24) is 9.27 Å². The minimum Gasteiger partial charge on any atom is -0.441 e. The van der Waals surface area contributed by atoms with Gasteiger partial charge in [-0.05, 0) is 47.3 Å². The van der Waals surface area contributed by atoms with E-state index in [9.17, 15) is 9.59 Å². The minimum absolute atomic E-state index is 0.0372. The van der Waals surface area contributed by atoms with Gasteiger partial charge in [-0.1, -0.05) is 50.6 Å². The van der Waals surface area contributed by atoms with Crippen molar-refractivity contribution in [1.29, 1.82) is 0 Å². The SMILES string of the molecule is CCC(=O)OC(C(C)C)N1C(=O)Cc2cc(CCN3CCN(c4nsc5ccccc45)CC3)c(Cl)cc21. The summed E-state index contributed by atoms with van der Waals surface area (Å²) in [5.41, 5.74) is 2.75. The molecule has 7 nitrogen and oxygen atoms in total. The van der Waals surface area contributed by atoms with Gasteiger partial charge >= 0.3 is 5.97 Å². The predicted molar refractivity (Wildman–Crippen MR) is 150 cm³/mol. The number of anilines is 2. The van der Waals surface area contributed by atoms with Crippen molar-refractivity contribution >= 4 is 56.6 Å². The summed E-state index contributed by atoms with van der Waals surface area (Å²) in [7, 11) is 0. The maximum atomic E-state index is 13.0. The van der Waals surface area contributed by atoms with E-state index in [0.717, 1.165) is 61.8 Å². The second-order valence-corrected chi connectivity index (χ2v) is 11.3. The lowest BCUT2D eigenvalue weighted by molar-refractivity contribution is -0.151. The average molecular weight is 541 g/mol. The Morgan fingerprint density at radius 1 is 1.16 bits per heavy atom. The van der Waals surface area contributed by atoms with Crippen LogP contribution in [0.3, 0.4) is 0 Å². The number of fused-ring (bicyclic) bond motifs is 2. The van der Waals surface area contributed by atoms with Gasteiger partial charge in [-0.3, -0.25) is 19.4 Å². The number of halogens is 1. The van der Waals surface area contributed by atoms with Crippen molar-refractivity contribution in [2.24, 2.45) is 5.92 Å². The maximum absolute atomic E-state index is 13.0. The van der Waals surface area contributed by atoms with Gasteiger partial charge in [0, 0.05) is 55.5 Å². The summed E-state index contributed by atoms with van der Waals surface area (Å²) in [6.45, 7) is 10.4. The molecule has 2 aromatic carbocycles. The second kappa shape index (κ2) is 11.0. The van der Waals surface area contributed by atoms with Crippen molar-refractivity contribution in [3.05, 3.63) is 52.5 Å². The van der Waals surface area contributed by atoms with Gasteiger partial charge in [-0.25, -0.2) is 0 Å². The molecule has 1 saturated heterocycles. The number of rotatable bonds is 8. The van der Waals surface area contributed by atoms with Crippen molar-refractivity contribution in [3.8, 4) is 0 Å². The highest BCUT2D eigenvalue weighted by Gasteiger charge is 2.37. The van der Waals surface area contributed by atoms with E-state index in [1.807, 2.05) is 19.9 Å². The number of hydrogen-bond donors (Lipinski definition) is 0. The highest BCUT2D eigenvalue weighted by Crippen LogP contribution is 2.37. The summed E-state index contributed by atoms with van der Waals surface area (Å²) in [6.07, 6.45) is 0.756. The smallest absolute Gasteiger partial charge is 0.307 e. The molecule has 3 heterocycles. The van der Waals surface area contributed by atoms with Gasteiger partial charge < -0.3 is 9.64 Å². The first-order chi connectivity index (χ1) is 17.9. The van der Waals surface area contributed by atoms with Gasteiger partial charge in [-0.2, -0.15) is 4.37 Å². The number of nitrogens with zero attached hydrogens (tertiary/aromatic N) is 4. The fourth-order valence-corrected chi connectivity index (χ4v) is 6.19. The van der Waals surface area contributed by atoms with Crippen molar-refractivity contribution in [2.75, 3.05) is 42.5 Å². The van der Waals surface area contributed by atoms with Crippen LogP contribution in [0, 0.1) is 5.92 Å². The van der Waals surface area contributed by atoms with Crippen LogP contribution in [-0.2, 0) is 27.2 Å². The Labute approximate surface area is 227 Å². The molecular formula is C28H33ClN4O3S. The highest BCUT2D eigenvalue weighted by atomic mass is 35.5. The van der Waals surface area contributed by atoms with Gasteiger partial charge in [0.2, 0.25) is 5.91 Å². The third-order valence-corrected chi connectivity index (χ3v) is 8.38. The van der Waals surface area contributed by atoms with Gasteiger partial charge in [-0.15, -0.1) is 0 Å². The van der Waals surface area contributed by atoms with E-state index in [0.29, 0.717) is 11.4 Å². The Morgan fingerprint density at radius 3 is 2.65 bits per heavy atom. The van der Waals surface area contributed by atoms with Crippen LogP contribution in [0.15, 0.2) is 36.4 Å². The molecule has 0 aliphatic carbocycles. The largest absolute Gasteiger partial charge is 0.441 e. The predicted octanol–water partition coefficient (Wildman–Crippen LogP) is 5.14. The Hall–Kier alpha value is -2.68. The number of hydrogen-bond acceptors (Lipinski definition) is 7. The number of carbonyl (C=O) groups is 2. The summed E-state index contributed by atoms with van der Waals surface area (Å²) in [5.74, 6) is 0.687. The molecule has 0 N–H and O–H groups in total. The van der Waals surface area contributed by atoms with Crippen LogP contribution in [0.2, 0.25) is 5.02 Å². The van der Waals surface area contributed by atoms with Crippen LogP contribution in [0.25, 0.3) is 10.1 Å². The number of ether oxygens (including phenoxy) is 1. The first kappa shape index (κ1) is 25.9. The molecule has 9 heteroatoms. The third-order valence-electron chi connectivity index (χ3n) is 7.21. The zero-order valence-corrected chi connectivity index (χ0v) is 23.1. The van der Waals surface area contributed by atoms with E-state index in [1.54, 1.807) is 23.4 Å². The van der Waals surface area contributed by atoms with Crippen LogP contribution in [0.4, 0.5) is 11.5 Å². The van der Waals surface area contributed by atoms with E-state index < -0.39 is 6.23 Å². The molecular weight excluding hydrogens is 508 g/mol. The lowest BCUT2D eigenvalue weighted by Gasteiger charge is -2.35. The summed E-state index contributed by atoms with van der Waals surface area (Å²) in [5, 5.41) is 1.88. The Morgan fingerprint density at radius 2 is 1.92 bits per heavy atom. The van der Waals surface area contributed by atoms with Crippen LogP contribution in [0.5, 0.6) is 0 Å². The number of piperazine rings is 1. The van der Waals surface area contributed by atoms with Crippen LogP contribution in [-0.4, -0.2) is 60.1 Å². The highest BCUT2D eigenvalue weighted by molar-refractivity contribution is 7.13. The molecule has 5 rings (SSSR count). The maximum Gasteiger partial charge on any atom is 0.307 e. The topological polar surface area (TPSA) is 66.0 Å². The molecule has 1 atom stereocenters. The molecule has 2 aliphatic rings. The fraction of sp³-hybridized carbons (Fsp3) is 0.464. The lowest BCUT2D eigenvalue weighted by atomic mass is 10.0. The number of amides is 1. The molecule has 0 bridgehead atoms. The monoisotopic (exact) mass is 540 g/mol. The molecule has 0 radical (unpaired) electrons. The van der Waals surface area contributed by atoms with E-state index in [1.165, 1.54) is 10.1 Å². The molecule has 37 heavy (non-hydrogen) atoms. The van der Waals surface area contributed by atoms with E-state index >= 15 is 0 Å². The number of esters is 1. The Kier molecular flexibility index (Phi) is 7.70. The average Bonchev–Trinajstić information content (AvgIpc) is 3.46. The zero-order chi connectivity index (χ0) is 26.1. The molecule has 0 spiro atoms. The summed E-state index contributed by atoms with van der Waals surface area (Å²) >= 11 is 8.29. The van der Waals surface area contributed by atoms with Crippen molar-refractivity contribution < 1.29 is 14.3 Å². The Balaban J connectivity index is 1.23. The van der Waals surface area contributed by atoms with Crippen LogP contribution in [0.1, 0.15) is 38.3 Å². The molecule has 0 saturated carbocycles. The van der Waals surface area contributed by atoms with Crippen molar-refractivity contribution in [3.63, 3.8) is 0 Å². The number of carbonyl (C=O) groups excluding carboxylic acids is 2. The van der Waals surface area contributed by atoms with Gasteiger partial charge in [0.25, 0.3) is 0 Å². The molecule has 2 aliphatic heterocycles. The fourth-order valence-electron chi connectivity index (χ4n) is 5.14. The molecule has 1 aromatic heterocycles. The standard InChI is InChI=1S/C28H33ClN4O3S/c1-4-26(35)36-28(18(2)3)33-23-17-22(29)19(15-20(23)16-25(33)34)9-10-31-11-13-32(14-12-31)27-21-7-5-6-8-24(21)37-30-27/h5-8,15,17-18,28H,4,9-14,16H2,1-3H3. The normalized spacial score (nSPS) is 17.1. The molecule has 1 amide bonds. The van der Waals surface area contributed by atoms with Gasteiger partial charge in [0.1, 0.15) is 5.82 Å². The summed E-state index contributed by atoms with van der Waals surface area (Å²) in [6, 6.07) is 12.3. The zero-order valence-electron chi connectivity index (χ0n) is 21.6. The van der Waals surface area contributed by atoms with Crippen molar-refractivity contribution in [2.45, 2.75) is 46.3 Å². The second-order valence-electron chi connectivity index (χ2n) is 10.1. The molecule has 1 fully saturated rings. The Bertz CT molecular complexity index is 1300. The first-order valence-corrected chi connectivity index (χ1v) is 14.2. The van der Waals surface area contributed by atoms with E-state index in [2.05, 4.69) is 40.1 Å². The minimum atomic E-state index is -0.630. The summed E-state index contributed by atoms with van der Waals surface area (Å²) < 4.78 is 11.6. The van der Waals surface area contributed by atoms with E-state index in [4.69, 9.17) is 20.7 Å². The van der Waals surface area contributed by atoms with Gasteiger partial charge in [0.05, 0.1) is 16.8 Å². The molecule has 3 aromatic rings. The lowest BCUT2D eigenvalue weighted by Crippen LogP contribution is -2.47. The van der Waals surface area contributed by atoms with Gasteiger partial charge in [0.15, 0.2) is 6.23 Å². The van der Waals surface area contributed by atoms with Crippen LogP contribution >= 0.6 is 23.1 Å². The number of benzene rings is 2. The van der Waals surface area contributed by atoms with Crippen LogP contribution < -0.4 is 9.80 Å². The molecule has 196 valence electrons.